The number of aryl methyl sites for hydroxylation is 1. The minimum absolute atomic E-state index is 0.441. The van der Waals surface area contributed by atoms with Gasteiger partial charge in [0.1, 0.15) is 5.78 Å². The Morgan fingerprint density at radius 1 is 1.17 bits per heavy atom. The highest BCUT2D eigenvalue weighted by Crippen LogP contribution is 2.69. The van der Waals surface area contributed by atoms with Crippen molar-refractivity contribution in [1.29, 1.82) is 0 Å². The first-order valence-electron chi connectivity index (χ1n) is 7.33. The van der Waals surface area contributed by atoms with Gasteiger partial charge in [-0.1, -0.05) is 24.3 Å². The molecule has 0 heterocycles. The molecule has 3 aliphatic carbocycles. The Morgan fingerprint density at radius 2 is 1.83 bits per heavy atom. The van der Waals surface area contributed by atoms with Gasteiger partial charge in [0.2, 0.25) is 0 Å². The summed E-state index contributed by atoms with van der Waals surface area (Å²) in [7, 11) is 0. The summed E-state index contributed by atoms with van der Waals surface area (Å²) in [6.45, 7) is 2.11. The molecule has 0 saturated heterocycles. The van der Waals surface area contributed by atoms with Crippen LogP contribution < -0.4 is 0 Å². The molecule has 18 heavy (non-hydrogen) atoms. The molecule has 0 radical (unpaired) electrons. The molecule has 4 unspecified atom stereocenters. The molecular weight excluding hydrogens is 220 g/mol. The zero-order valence-corrected chi connectivity index (χ0v) is 10.9. The van der Waals surface area contributed by atoms with Crippen LogP contribution in [0.3, 0.4) is 0 Å². The van der Waals surface area contributed by atoms with E-state index in [1.54, 1.807) is 0 Å². The third kappa shape index (κ3) is 1.43. The lowest BCUT2D eigenvalue weighted by Crippen LogP contribution is -2.12. The molecule has 0 spiro atoms. The van der Waals surface area contributed by atoms with Crippen molar-refractivity contribution in [2.75, 3.05) is 0 Å². The van der Waals surface area contributed by atoms with Gasteiger partial charge in [-0.25, -0.2) is 0 Å². The predicted octanol–water partition coefficient (Wildman–Crippen LogP) is 3.40. The zero-order chi connectivity index (χ0) is 12.3. The van der Waals surface area contributed by atoms with Gasteiger partial charge < -0.3 is 0 Å². The largest absolute Gasteiger partial charge is 0.299 e. The Morgan fingerprint density at radius 3 is 2.50 bits per heavy atom. The molecule has 1 aromatic rings. The minimum atomic E-state index is 0.441. The molecule has 94 valence electrons. The Labute approximate surface area is 109 Å². The second-order valence-corrected chi connectivity index (χ2v) is 6.58. The van der Waals surface area contributed by atoms with E-state index >= 15 is 0 Å². The number of fused-ring (bicyclic) bond motifs is 5. The van der Waals surface area contributed by atoms with Crippen molar-refractivity contribution in [3.63, 3.8) is 0 Å². The topological polar surface area (TPSA) is 17.1 Å². The molecule has 4 rings (SSSR count). The fourth-order valence-corrected chi connectivity index (χ4v) is 4.87. The number of hydrogen-bond acceptors (Lipinski definition) is 1. The van der Waals surface area contributed by atoms with Crippen LogP contribution in [0.1, 0.15) is 30.4 Å². The molecular formula is C17H20O. The van der Waals surface area contributed by atoms with Crippen LogP contribution in [0.5, 0.6) is 0 Å². The number of carbonyl (C=O) groups excluding carboxylic acids is 1. The number of benzene rings is 1. The van der Waals surface area contributed by atoms with Gasteiger partial charge in [-0.2, -0.15) is 0 Å². The van der Waals surface area contributed by atoms with Gasteiger partial charge in [0, 0.05) is 12.3 Å². The second-order valence-electron chi connectivity index (χ2n) is 6.58. The van der Waals surface area contributed by atoms with Gasteiger partial charge in [0.05, 0.1) is 0 Å². The maximum Gasteiger partial charge on any atom is 0.140 e. The van der Waals surface area contributed by atoms with E-state index in [0.29, 0.717) is 18.1 Å². The summed E-state index contributed by atoms with van der Waals surface area (Å²) in [5, 5.41) is 0. The van der Waals surface area contributed by atoms with Gasteiger partial charge in [0.15, 0.2) is 0 Å². The fourth-order valence-electron chi connectivity index (χ4n) is 4.87. The van der Waals surface area contributed by atoms with Crippen molar-refractivity contribution in [3.8, 4) is 0 Å². The molecule has 3 fully saturated rings. The molecule has 1 nitrogen and oxygen atoms in total. The number of ketones is 1. The first-order chi connectivity index (χ1) is 8.75. The molecule has 4 atom stereocenters. The maximum atomic E-state index is 12.5. The van der Waals surface area contributed by atoms with Crippen LogP contribution in [0.4, 0.5) is 0 Å². The van der Waals surface area contributed by atoms with Gasteiger partial charge in [0.25, 0.3) is 0 Å². The summed E-state index contributed by atoms with van der Waals surface area (Å²) in [6, 6.07) is 8.32. The lowest BCUT2D eigenvalue weighted by molar-refractivity contribution is -0.120. The molecule has 0 aliphatic heterocycles. The summed E-state index contributed by atoms with van der Waals surface area (Å²) in [6.07, 6.45) is 4.91. The monoisotopic (exact) mass is 240 g/mol. The van der Waals surface area contributed by atoms with E-state index < -0.39 is 0 Å². The van der Waals surface area contributed by atoms with Gasteiger partial charge >= 0.3 is 0 Å². The van der Waals surface area contributed by atoms with E-state index in [1.807, 2.05) is 6.07 Å². The van der Waals surface area contributed by atoms with E-state index in [0.717, 1.165) is 23.7 Å². The average molecular weight is 240 g/mol. The van der Waals surface area contributed by atoms with Crippen LogP contribution in [-0.2, 0) is 11.2 Å². The smallest absolute Gasteiger partial charge is 0.140 e. The van der Waals surface area contributed by atoms with Crippen molar-refractivity contribution in [2.45, 2.75) is 32.6 Å². The van der Waals surface area contributed by atoms with E-state index in [-0.39, 0.29) is 0 Å². The van der Waals surface area contributed by atoms with Crippen LogP contribution >= 0.6 is 0 Å². The van der Waals surface area contributed by atoms with Crippen molar-refractivity contribution in [1.82, 2.24) is 0 Å². The SMILES string of the molecule is Cc1ccccc1CC(=O)C1C2C3CCC(C3)C12. The van der Waals surface area contributed by atoms with Crippen LogP contribution in [-0.4, -0.2) is 5.78 Å². The average Bonchev–Trinajstić information content (AvgIpc) is 2.82. The van der Waals surface area contributed by atoms with Crippen LogP contribution in [0.2, 0.25) is 0 Å². The number of hydrogen-bond donors (Lipinski definition) is 0. The summed E-state index contributed by atoms with van der Waals surface area (Å²) < 4.78 is 0. The van der Waals surface area contributed by atoms with Gasteiger partial charge in [-0.3, -0.25) is 4.79 Å². The van der Waals surface area contributed by atoms with Crippen LogP contribution in [0.15, 0.2) is 24.3 Å². The Hall–Kier alpha value is -1.11. The number of Topliss-reactive ketones (excluding diaryl/α,β-unsaturated/α-hetero) is 1. The van der Waals surface area contributed by atoms with E-state index in [2.05, 4.69) is 25.1 Å². The standard InChI is InChI=1S/C17H20O/c1-10-4-2-3-5-11(10)9-14(18)17-15-12-6-7-13(8-12)16(15)17/h2-5,12-13,15-17H,6-9H2,1H3. The first kappa shape index (κ1) is 10.8. The lowest BCUT2D eigenvalue weighted by atomic mass is 9.95. The highest BCUT2D eigenvalue weighted by Gasteiger charge is 2.66. The highest BCUT2D eigenvalue weighted by molar-refractivity contribution is 5.87. The molecule has 3 saturated carbocycles. The number of carbonyl (C=O) groups is 1. The Bertz CT molecular complexity index is 488. The van der Waals surface area contributed by atoms with E-state index in [4.69, 9.17) is 0 Å². The Balaban J connectivity index is 1.48. The highest BCUT2D eigenvalue weighted by atomic mass is 16.1. The molecule has 0 amide bonds. The van der Waals surface area contributed by atoms with Gasteiger partial charge in [-0.15, -0.1) is 0 Å². The summed E-state index contributed by atoms with van der Waals surface area (Å²) in [5.74, 6) is 4.36. The normalized spacial score (nSPS) is 39.7. The van der Waals surface area contributed by atoms with Crippen molar-refractivity contribution in [2.24, 2.45) is 29.6 Å². The molecule has 0 aromatic heterocycles. The molecule has 0 N–H and O–H groups in total. The maximum absolute atomic E-state index is 12.5. The molecule has 3 aliphatic rings. The van der Waals surface area contributed by atoms with Crippen molar-refractivity contribution >= 4 is 5.78 Å². The zero-order valence-electron chi connectivity index (χ0n) is 10.9. The first-order valence-corrected chi connectivity index (χ1v) is 7.33. The fraction of sp³-hybridized carbons (Fsp3) is 0.588. The van der Waals surface area contributed by atoms with Crippen LogP contribution in [0.25, 0.3) is 0 Å². The second kappa shape index (κ2) is 3.69. The Kier molecular flexibility index (Phi) is 2.21. The molecule has 1 aromatic carbocycles. The lowest BCUT2D eigenvalue weighted by Gasteiger charge is -2.09. The molecule has 2 bridgehead atoms. The minimum Gasteiger partial charge on any atom is -0.299 e. The van der Waals surface area contributed by atoms with E-state index in [9.17, 15) is 4.79 Å². The van der Waals surface area contributed by atoms with Crippen molar-refractivity contribution in [3.05, 3.63) is 35.4 Å². The quantitative estimate of drug-likeness (QED) is 0.791. The summed E-state index contributed by atoms with van der Waals surface area (Å²) >= 11 is 0. The van der Waals surface area contributed by atoms with Crippen molar-refractivity contribution < 1.29 is 4.79 Å². The third-order valence-corrected chi connectivity index (χ3v) is 5.73. The van der Waals surface area contributed by atoms with E-state index in [1.165, 1.54) is 30.4 Å². The predicted molar refractivity (Wildman–Crippen MR) is 71.2 cm³/mol. The van der Waals surface area contributed by atoms with Gasteiger partial charge in [-0.05, 0) is 61.0 Å². The van der Waals surface area contributed by atoms with Crippen LogP contribution in [0, 0.1) is 36.5 Å². The summed E-state index contributed by atoms with van der Waals surface area (Å²) in [4.78, 5) is 12.5. The summed E-state index contributed by atoms with van der Waals surface area (Å²) in [5.41, 5.74) is 2.50. The number of rotatable bonds is 3. The third-order valence-electron chi connectivity index (χ3n) is 5.73. The molecule has 1 heteroatoms.